The SMILES string of the molecule is CCCC[C@H](NC(=O)[C@H](Cc1ccc(OS(=O)(=O)O)cc1)NC(=O)[C@H](CC(=O)O)NC(C)=O)C(=O)NCC(=O)N[C@@H](Cc1c[nH]c2ccccc12)C(=O)N[C@@H](CCCC)C(=O)N[C@@H](CC(=O)O)C(=O)N(C)[C@@H](Cc1ccccc1)C(N)=O. The molecule has 0 unspecified atom stereocenters. The summed E-state index contributed by atoms with van der Waals surface area (Å²) in [6.45, 7) is 3.87. The number of H-pyrrole nitrogens is 1. The van der Waals surface area contributed by atoms with Gasteiger partial charge in [0.25, 0.3) is 0 Å². The van der Waals surface area contributed by atoms with Crippen molar-refractivity contribution in [2.45, 2.75) is 134 Å². The number of carbonyl (C=O) groups is 11. The van der Waals surface area contributed by atoms with E-state index < -0.39 is 137 Å². The van der Waals surface area contributed by atoms with E-state index in [0.29, 0.717) is 47.7 Å². The van der Waals surface area contributed by atoms with Crippen LogP contribution in [0.25, 0.3) is 10.9 Å². The number of nitrogens with two attached hydrogens (primary N) is 1. The van der Waals surface area contributed by atoms with Crippen LogP contribution in [0.5, 0.6) is 5.75 Å². The van der Waals surface area contributed by atoms with E-state index in [1.54, 1.807) is 67.7 Å². The van der Waals surface area contributed by atoms with Gasteiger partial charge in [0.2, 0.25) is 53.2 Å². The first kappa shape index (κ1) is 65.6. The summed E-state index contributed by atoms with van der Waals surface area (Å²) in [5.74, 6) is -11.5. The van der Waals surface area contributed by atoms with Crippen molar-refractivity contribution in [3.63, 3.8) is 0 Å². The van der Waals surface area contributed by atoms with Gasteiger partial charge in [-0.15, -0.1) is 0 Å². The molecule has 0 saturated heterocycles. The fourth-order valence-electron chi connectivity index (χ4n) is 8.63. The molecule has 28 heteroatoms. The molecule has 0 aliphatic heterocycles. The number of rotatable bonds is 34. The molecule has 7 atom stereocenters. The van der Waals surface area contributed by atoms with Crippen LogP contribution in [0, 0.1) is 0 Å². The number of nitrogens with zero attached hydrogens (tertiary/aromatic N) is 1. The van der Waals surface area contributed by atoms with Crippen LogP contribution in [0.1, 0.15) is 88.8 Å². The zero-order chi connectivity index (χ0) is 60.7. The van der Waals surface area contributed by atoms with Gasteiger partial charge in [-0.2, -0.15) is 8.42 Å². The number of carboxylic acid groups (broad SMARTS) is 2. The molecule has 0 fully saturated rings. The van der Waals surface area contributed by atoms with Crippen molar-refractivity contribution in [1.82, 2.24) is 47.1 Å². The summed E-state index contributed by atoms with van der Waals surface area (Å²) in [7, 11) is -3.65. The van der Waals surface area contributed by atoms with Crippen molar-refractivity contribution in [2.24, 2.45) is 5.73 Å². The highest BCUT2D eigenvalue weighted by Gasteiger charge is 2.36. The number of aliphatic carboxylic acids is 2. The quantitative estimate of drug-likeness (QED) is 0.0275. The molecule has 0 spiro atoms. The monoisotopic (exact) mass is 1160 g/mol. The first-order chi connectivity index (χ1) is 38.8. The third-order valence-corrected chi connectivity index (χ3v) is 13.2. The Hall–Kier alpha value is -8.92. The Bertz CT molecular complexity index is 3010. The maximum Gasteiger partial charge on any atom is 0.446 e. The Labute approximate surface area is 472 Å². The second-order valence-corrected chi connectivity index (χ2v) is 20.3. The van der Waals surface area contributed by atoms with Crippen LogP contribution in [0.15, 0.2) is 85.1 Å². The maximum atomic E-state index is 14.4. The van der Waals surface area contributed by atoms with E-state index in [9.17, 15) is 71.4 Å². The number of aromatic nitrogens is 1. The van der Waals surface area contributed by atoms with E-state index in [0.717, 1.165) is 24.0 Å². The smallest absolute Gasteiger partial charge is 0.446 e. The number of benzene rings is 3. The van der Waals surface area contributed by atoms with Gasteiger partial charge < -0.3 is 67.2 Å². The van der Waals surface area contributed by atoms with E-state index in [1.165, 1.54) is 19.2 Å². The normalized spacial score (nSPS) is 13.7. The average Bonchev–Trinajstić information content (AvgIpc) is 3.99. The second-order valence-electron chi connectivity index (χ2n) is 19.3. The number of likely N-dealkylation sites (N-methyl/N-ethyl adjacent to an activating group) is 1. The molecule has 0 aliphatic carbocycles. The molecular weight excluding hydrogens is 1090 g/mol. The molecule has 0 saturated carbocycles. The Kier molecular flexibility index (Phi) is 25.4. The van der Waals surface area contributed by atoms with Crippen LogP contribution in [-0.4, -0.2) is 154 Å². The molecule has 0 bridgehead atoms. The molecular formula is C54H70N10O17S. The highest BCUT2D eigenvalue weighted by molar-refractivity contribution is 7.81. The highest BCUT2D eigenvalue weighted by atomic mass is 32.3. The lowest BCUT2D eigenvalue weighted by Crippen LogP contribution is -2.59. The van der Waals surface area contributed by atoms with Gasteiger partial charge in [0.1, 0.15) is 48.0 Å². The molecule has 13 N–H and O–H groups in total. The number of carboxylic acids is 2. The fraction of sp³-hybridized carbons (Fsp3) is 0.426. The van der Waals surface area contributed by atoms with Crippen molar-refractivity contribution >= 4 is 86.4 Å². The molecule has 1 heterocycles. The topological polar surface area (TPSA) is 421 Å². The van der Waals surface area contributed by atoms with Crippen LogP contribution < -0.4 is 47.1 Å². The lowest BCUT2D eigenvalue weighted by atomic mass is 10.0. The predicted molar refractivity (Wildman–Crippen MR) is 294 cm³/mol. The largest absolute Gasteiger partial charge is 0.481 e. The van der Waals surface area contributed by atoms with E-state index in [1.807, 2.05) is 6.92 Å². The van der Waals surface area contributed by atoms with Gasteiger partial charge in [-0.25, -0.2) is 0 Å². The lowest BCUT2D eigenvalue weighted by Gasteiger charge is -2.30. The number of carbonyl (C=O) groups excluding carboxylic acids is 9. The molecule has 9 amide bonds. The standard InChI is InChI=1S/C54H70N10O17S/c1-5-7-17-38(60-51(74)40(62-53(76)42(27-46(67)68)58-31(3)65)24-33-20-22-35(23-21-33)81-82(78,79)80)49(72)57-30-45(66)59-41(26-34-29-56-37-19-13-12-16-36(34)37)52(75)61-39(18-8-6-2)50(73)63-43(28-47(69)70)54(77)64(4)44(48(55)71)25-32-14-10-9-11-15-32/h9-16,19-23,29,38-44,56H,5-8,17-18,24-28,30H2,1-4H3,(H2,55,71)(H,57,72)(H,58,65)(H,59,66)(H,60,74)(H,61,75)(H,62,76)(H,63,73)(H,67,68)(H,69,70)(H,78,79,80)/t38-,39-,40-,41-,42-,43-,44-/m0/s1. The predicted octanol–water partition coefficient (Wildman–Crippen LogP) is 0.0644. The van der Waals surface area contributed by atoms with Crippen molar-refractivity contribution in [2.75, 3.05) is 13.6 Å². The molecule has 27 nitrogen and oxygen atoms in total. The first-order valence-electron chi connectivity index (χ1n) is 26.2. The molecule has 3 aromatic carbocycles. The zero-order valence-electron chi connectivity index (χ0n) is 45.6. The number of unbranched alkanes of at least 4 members (excludes halogenated alkanes) is 2. The molecule has 444 valence electrons. The summed E-state index contributed by atoms with van der Waals surface area (Å²) in [5, 5.41) is 37.3. The fourth-order valence-corrected chi connectivity index (χ4v) is 8.98. The van der Waals surface area contributed by atoms with Crippen LogP contribution >= 0.6 is 0 Å². The number of amides is 9. The second kappa shape index (κ2) is 31.8. The molecule has 4 aromatic rings. The minimum atomic E-state index is -4.90. The Morgan fingerprint density at radius 3 is 1.67 bits per heavy atom. The minimum Gasteiger partial charge on any atom is -0.481 e. The van der Waals surface area contributed by atoms with Gasteiger partial charge in [-0.1, -0.05) is 100 Å². The first-order valence-corrected chi connectivity index (χ1v) is 27.5. The third-order valence-electron chi connectivity index (χ3n) is 12.8. The summed E-state index contributed by atoms with van der Waals surface area (Å²) < 4.78 is 36.0. The van der Waals surface area contributed by atoms with E-state index in [-0.39, 0.29) is 43.4 Å². The Balaban J connectivity index is 1.58. The van der Waals surface area contributed by atoms with E-state index in [2.05, 4.69) is 46.4 Å². The van der Waals surface area contributed by atoms with E-state index in [4.69, 9.17) is 10.3 Å². The summed E-state index contributed by atoms with van der Waals surface area (Å²) >= 11 is 0. The van der Waals surface area contributed by atoms with Gasteiger partial charge in [-0.05, 0) is 47.7 Å². The summed E-state index contributed by atoms with van der Waals surface area (Å²) in [4.78, 5) is 150. The number of hydrogen-bond donors (Lipinski definition) is 12. The number of aromatic amines is 1. The minimum absolute atomic E-state index is 0.00696. The number of hydrogen-bond acceptors (Lipinski definition) is 14. The van der Waals surface area contributed by atoms with Crippen molar-refractivity contribution < 1.29 is 80.1 Å². The van der Waals surface area contributed by atoms with E-state index >= 15 is 0 Å². The summed E-state index contributed by atoms with van der Waals surface area (Å²) in [6.07, 6.45) is 1.02. The van der Waals surface area contributed by atoms with Gasteiger partial charge in [0.15, 0.2) is 0 Å². The number of nitrogens with one attached hydrogen (secondary N) is 8. The molecule has 82 heavy (non-hydrogen) atoms. The molecule has 1 aromatic heterocycles. The molecule has 4 rings (SSSR count). The summed E-state index contributed by atoms with van der Waals surface area (Å²) in [5.41, 5.74) is 7.85. The van der Waals surface area contributed by atoms with Crippen molar-refractivity contribution in [3.8, 4) is 5.75 Å². The lowest BCUT2D eigenvalue weighted by molar-refractivity contribution is -0.146. The van der Waals surface area contributed by atoms with Crippen molar-refractivity contribution in [3.05, 3.63) is 102 Å². The molecule has 0 aliphatic rings. The van der Waals surface area contributed by atoms with Gasteiger partial charge >= 0.3 is 22.3 Å². The van der Waals surface area contributed by atoms with Gasteiger partial charge in [-0.3, -0.25) is 57.3 Å². The van der Waals surface area contributed by atoms with Crippen molar-refractivity contribution in [1.29, 1.82) is 0 Å². The Morgan fingerprint density at radius 2 is 1.11 bits per heavy atom. The summed E-state index contributed by atoms with van der Waals surface area (Å²) in [6, 6.07) is 10.1. The Morgan fingerprint density at radius 1 is 0.610 bits per heavy atom. The van der Waals surface area contributed by atoms with Crippen LogP contribution in [0.3, 0.4) is 0 Å². The van der Waals surface area contributed by atoms with Crippen LogP contribution in [0.2, 0.25) is 0 Å². The maximum absolute atomic E-state index is 14.4. The number of primary amides is 1. The zero-order valence-corrected chi connectivity index (χ0v) is 46.4. The third kappa shape index (κ3) is 21.6. The number of fused-ring (bicyclic) bond motifs is 1. The van der Waals surface area contributed by atoms with Gasteiger partial charge in [0, 0.05) is 50.3 Å². The number of para-hydroxylation sites is 1. The van der Waals surface area contributed by atoms with Crippen LogP contribution in [0.4, 0.5) is 0 Å². The highest BCUT2D eigenvalue weighted by Crippen LogP contribution is 2.20. The average molecular weight is 1160 g/mol. The molecule has 0 radical (unpaired) electrons. The van der Waals surface area contributed by atoms with Crippen LogP contribution in [-0.2, 0) is 82.4 Å². The van der Waals surface area contributed by atoms with Gasteiger partial charge in [0.05, 0.1) is 19.4 Å².